The van der Waals surface area contributed by atoms with E-state index in [4.69, 9.17) is 10.00 Å². The zero-order valence-corrected chi connectivity index (χ0v) is 14.2. The van der Waals surface area contributed by atoms with E-state index >= 15 is 0 Å². The minimum Gasteiger partial charge on any atom is -0.385 e. The summed E-state index contributed by atoms with van der Waals surface area (Å²) in [4.78, 5) is 4.12. The molecule has 0 saturated carbocycles. The molecule has 6 nitrogen and oxygen atoms in total. The topological polar surface area (TPSA) is 83.3 Å². The van der Waals surface area contributed by atoms with Gasteiger partial charge in [0.2, 0.25) is 10.0 Å². The van der Waals surface area contributed by atoms with Crippen LogP contribution in [0.25, 0.3) is 0 Å². The van der Waals surface area contributed by atoms with Crippen molar-refractivity contribution in [3.8, 4) is 6.07 Å². The van der Waals surface area contributed by atoms with Crippen LogP contribution in [-0.2, 0) is 21.3 Å². The van der Waals surface area contributed by atoms with Crippen LogP contribution in [-0.4, -0.2) is 38.0 Å². The van der Waals surface area contributed by atoms with Gasteiger partial charge in [0, 0.05) is 39.2 Å². The number of rotatable bonds is 8. The first-order valence-corrected chi connectivity index (χ1v) is 8.90. The van der Waals surface area contributed by atoms with Gasteiger partial charge in [-0.25, -0.2) is 8.42 Å². The van der Waals surface area contributed by atoms with E-state index in [-0.39, 0.29) is 11.4 Å². The number of methoxy groups -OCH3 is 1. The molecule has 0 aliphatic heterocycles. The SMILES string of the molecule is COCCCN(Cc1ccncc1)S(=O)(=O)c1ccc(C#N)cc1. The van der Waals surface area contributed by atoms with Gasteiger partial charge in [-0.3, -0.25) is 4.98 Å². The summed E-state index contributed by atoms with van der Waals surface area (Å²) < 4.78 is 32.3. The molecule has 1 aromatic heterocycles. The smallest absolute Gasteiger partial charge is 0.243 e. The van der Waals surface area contributed by atoms with Gasteiger partial charge in [0.1, 0.15) is 0 Å². The monoisotopic (exact) mass is 345 g/mol. The molecule has 2 aromatic rings. The molecule has 0 saturated heterocycles. The molecule has 0 unspecified atom stereocenters. The van der Waals surface area contributed by atoms with Crippen molar-refractivity contribution in [1.29, 1.82) is 5.26 Å². The average Bonchev–Trinajstić information content (AvgIpc) is 2.62. The number of aromatic nitrogens is 1. The first kappa shape index (κ1) is 18.1. The van der Waals surface area contributed by atoms with Gasteiger partial charge in [-0.05, 0) is 48.4 Å². The van der Waals surface area contributed by atoms with Gasteiger partial charge in [-0.1, -0.05) is 0 Å². The van der Waals surface area contributed by atoms with E-state index in [1.165, 1.54) is 28.6 Å². The van der Waals surface area contributed by atoms with E-state index in [2.05, 4.69) is 4.98 Å². The number of sulfonamides is 1. The number of benzene rings is 1. The Hall–Kier alpha value is -2.27. The lowest BCUT2D eigenvalue weighted by atomic mass is 10.2. The van der Waals surface area contributed by atoms with Crippen LogP contribution < -0.4 is 0 Å². The Labute approximate surface area is 142 Å². The van der Waals surface area contributed by atoms with Crippen molar-refractivity contribution in [3.05, 3.63) is 59.9 Å². The molecule has 0 atom stereocenters. The van der Waals surface area contributed by atoms with E-state index in [0.29, 0.717) is 25.1 Å². The van der Waals surface area contributed by atoms with Crippen molar-refractivity contribution in [2.24, 2.45) is 0 Å². The lowest BCUT2D eigenvalue weighted by Gasteiger charge is -2.22. The van der Waals surface area contributed by atoms with E-state index < -0.39 is 10.0 Å². The van der Waals surface area contributed by atoms with E-state index in [0.717, 1.165) is 5.56 Å². The normalized spacial score (nSPS) is 11.4. The highest BCUT2D eigenvalue weighted by Gasteiger charge is 2.24. The fourth-order valence-electron chi connectivity index (χ4n) is 2.21. The summed E-state index contributed by atoms with van der Waals surface area (Å²) in [6.45, 7) is 1.09. The minimum absolute atomic E-state index is 0.174. The summed E-state index contributed by atoms with van der Waals surface area (Å²) >= 11 is 0. The molecular weight excluding hydrogens is 326 g/mol. The maximum atomic E-state index is 12.9. The van der Waals surface area contributed by atoms with Crippen molar-refractivity contribution in [2.75, 3.05) is 20.3 Å². The maximum absolute atomic E-state index is 12.9. The fourth-order valence-corrected chi connectivity index (χ4v) is 3.68. The molecule has 0 fully saturated rings. The van der Waals surface area contributed by atoms with Crippen LogP contribution in [0.5, 0.6) is 0 Å². The van der Waals surface area contributed by atoms with Gasteiger partial charge in [-0.2, -0.15) is 9.57 Å². The summed E-state index contributed by atoms with van der Waals surface area (Å²) in [5.41, 5.74) is 1.29. The van der Waals surface area contributed by atoms with Crippen LogP contribution in [0.4, 0.5) is 0 Å². The van der Waals surface area contributed by atoms with Crippen LogP contribution in [0.1, 0.15) is 17.5 Å². The molecule has 1 aromatic carbocycles. The molecule has 0 spiro atoms. The summed E-state index contributed by atoms with van der Waals surface area (Å²) in [5.74, 6) is 0. The second kappa shape index (κ2) is 8.55. The van der Waals surface area contributed by atoms with Gasteiger partial charge in [0.25, 0.3) is 0 Å². The molecule has 0 aliphatic carbocycles. The van der Waals surface area contributed by atoms with Crippen LogP contribution in [0.3, 0.4) is 0 Å². The standard InChI is InChI=1S/C17H19N3O3S/c1-23-12-2-11-20(14-16-7-9-19-10-8-16)24(21,22)17-5-3-15(13-18)4-6-17/h3-10H,2,11-12,14H2,1H3. The van der Waals surface area contributed by atoms with Gasteiger partial charge >= 0.3 is 0 Å². The molecule has 126 valence electrons. The molecule has 0 N–H and O–H groups in total. The number of ether oxygens (including phenoxy) is 1. The summed E-state index contributed by atoms with van der Waals surface area (Å²) in [7, 11) is -2.07. The molecule has 24 heavy (non-hydrogen) atoms. The highest BCUT2D eigenvalue weighted by Crippen LogP contribution is 2.19. The summed E-state index contributed by atoms with van der Waals surface area (Å²) in [5, 5.41) is 8.85. The van der Waals surface area contributed by atoms with Crippen LogP contribution >= 0.6 is 0 Å². The van der Waals surface area contributed by atoms with Gasteiger partial charge in [0.05, 0.1) is 16.5 Å². The maximum Gasteiger partial charge on any atom is 0.243 e. The van der Waals surface area contributed by atoms with E-state index in [1.54, 1.807) is 31.6 Å². The third-order valence-corrected chi connectivity index (χ3v) is 5.34. The molecule has 7 heteroatoms. The van der Waals surface area contributed by atoms with Gasteiger partial charge in [-0.15, -0.1) is 0 Å². The molecule has 0 radical (unpaired) electrons. The first-order valence-electron chi connectivity index (χ1n) is 7.46. The minimum atomic E-state index is -3.66. The lowest BCUT2D eigenvalue weighted by Crippen LogP contribution is -2.32. The van der Waals surface area contributed by atoms with Crippen molar-refractivity contribution in [1.82, 2.24) is 9.29 Å². The van der Waals surface area contributed by atoms with Gasteiger partial charge < -0.3 is 4.74 Å². The van der Waals surface area contributed by atoms with Crippen molar-refractivity contribution in [2.45, 2.75) is 17.9 Å². The number of pyridine rings is 1. The predicted octanol–water partition coefficient (Wildman–Crippen LogP) is 2.18. The van der Waals surface area contributed by atoms with Crippen molar-refractivity contribution in [3.63, 3.8) is 0 Å². The van der Waals surface area contributed by atoms with Crippen LogP contribution in [0.2, 0.25) is 0 Å². The van der Waals surface area contributed by atoms with E-state index in [9.17, 15) is 8.42 Å². The number of hydrogen-bond donors (Lipinski definition) is 0. The Morgan fingerprint density at radius 1 is 1.17 bits per heavy atom. The lowest BCUT2D eigenvalue weighted by molar-refractivity contribution is 0.186. The Bertz CT molecular complexity index is 784. The Kier molecular flexibility index (Phi) is 6.44. The third-order valence-electron chi connectivity index (χ3n) is 3.49. The van der Waals surface area contributed by atoms with Crippen LogP contribution in [0, 0.1) is 11.3 Å². The van der Waals surface area contributed by atoms with Crippen molar-refractivity contribution < 1.29 is 13.2 Å². The molecule has 0 aliphatic rings. The highest BCUT2D eigenvalue weighted by atomic mass is 32.2. The Morgan fingerprint density at radius 2 is 1.83 bits per heavy atom. The number of hydrogen-bond acceptors (Lipinski definition) is 5. The molecule has 2 rings (SSSR count). The average molecular weight is 345 g/mol. The van der Waals surface area contributed by atoms with Gasteiger partial charge in [0.15, 0.2) is 0 Å². The van der Waals surface area contributed by atoms with E-state index in [1.807, 2.05) is 6.07 Å². The second-order valence-electron chi connectivity index (χ2n) is 5.18. The second-order valence-corrected chi connectivity index (χ2v) is 7.11. The first-order chi connectivity index (χ1) is 11.6. The number of nitrogens with zero attached hydrogens (tertiary/aromatic N) is 3. The predicted molar refractivity (Wildman–Crippen MR) is 89.5 cm³/mol. The molecular formula is C17H19N3O3S. The zero-order valence-electron chi connectivity index (χ0n) is 13.4. The third kappa shape index (κ3) is 4.61. The zero-order chi connectivity index (χ0) is 17.4. The molecule has 0 bridgehead atoms. The summed E-state index contributed by atoms with van der Waals surface area (Å²) in [6, 6.07) is 11.5. The quantitative estimate of drug-likeness (QED) is 0.685. The molecule has 1 heterocycles. The Balaban J connectivity index is 2.27. The van der Waals surface area contributed by atoms with Crippen LogP contribution in [0.15, 0.2) is 53.7 Å². The largest absolute Gasteiger partial charge is 0.385 e. The van der Waals surface area contributed by atoms with Crippen molar-refractivity contribution >= 4 is 10.0 Å². The molecule has 0 amide bonds. The highest BCUT2D eigenvalue weighted by molar-refractivity contribution is 7.89. The number of nitriles is 1. The fraction of sp³-hybridized carbons (Fsp3) is 0.294. The Morgan fingerprint density at radius 3 is 2.42 bits per heavy atom. The summed E-state index contributed by atoms with van der Waals surface area (Å²) in [6.07, 6.45) is 3.87.